The van der Waals surface area contributed by atoms with Crippen LogP contribution in [0.3, 0.4) is 0 Å². The first-order chi connectivity index (χ1) is 18.7. The second kappa shape index (κ2) is 38.4. The third-order valence-electron chi connectivity index (χ3n) is 8.00. The monoisotopic (exact) mass is 678 g/mol. The molecule has 0 fully saturated rings. The Balaban J connectivity index is 0. The molecule has 0 aromatic rings. The average molecular weight is 677 g/mol. The van der Waals surface area contributed by atoms with Crippen LogP contribution < -0.4 is 0 Å². The molecule has 0 atom stereocenters. The van der Waals surface area contributed by atoms with E-state index >= 15 is 0 Å². The van der Waals surface area contributed by atoms with Crippen molar-refractivity contribution in [2.24, 2.45) is 0 Å². The molecule has 0 N–H and O–H groups in total. The van der Waals surface area contributed by atoms with E-state index in [1.807, 2.05) is 0 Å². The molecule has 0 aromatic carbocycles. The molecule has 0 saturated carbocycles. The number of hydrogen-bond acceptors (Lipinski definition) is 0. The van der Waals surface area contributed by atoms with Gasteiger partial charge in [0.05, 0.1) is 0 Å². The van der Waals surface area contributed by atoms with Gasteiger partial charge in [-0.2, -0.15) is 0 Å². The molecule has 0 aromatic heterocycles. The van der Waals surface area contributed by atoms with Crippen LogP contribution in [-0.4, -0.2) is 27.8 Å². The van der Waals surface area contributed by atoms with Gasteiger partial charge in [-0.25, -0.2) is 0 Å². The van der Waals surface area contributed by atoms with Crippen molar-refractivity contribution in [2.45, 2.75) is 221 Å². The molecule has 0 aliphatic carbocycles. The maximum atomic E-state index is 6.47. The molecule has 0 aliphatic heterocycles. The fourth-order valence-electron chi connectivity index (χ4n) is 5.28. The van der Waals surface area contributed by atoms with E-state index in [1.54, 1.807) is 35.0 Å². The van der Waals surface area contributed by atoms with E-state index in [0.717, 1.165) is 0 Å². The van der Waals surface area contributed by atoms with Crippen molar-refractivity contribution in [3.63, 3.8) is 0 Å². The Hall–Kier alpha value is 1.38. The quantitative estimate of drug-likeness (QED) is 0.0525. The molecule has 0 amide bonds. The molecule has 0 nitrogen and oxygen atoms in total. The van der Waals surface area contributed by atoms with Crippen molar-refractivity contribution in [3.05, 3.63) is 0 Å². The maximum absolute atomic E-state index is 6.47. The van der Waals surface area contributed by atoms with Crippen LogP contribution in [0.1, 0.15) is 195 Å². The summed E-state index contributed by atoms with van der Waals surface area (Å²) in [5.74, 6) is 0. The fourth-order valence-corrected chi connectivity index (χ4v) is 16.1. The molecule has 0 aliphatic rings. The number of rotatable bonds is 30. The van der Waals surface area contributed by atoms with E-state index in [-0.39, 0.29) is 0 Å². The van der Waals surface area contributed by atoms with Gasteiger partial charge in [0.15, 0.2) is 0 Å². The summed E-state index contributed by atoms with van der Waals surface area (Å²) in [5.41, 5.74) is 0. The molecular weight excluding hydrogens is 601 g/mol. The Morgan fingerprint density at radius 2 is 0.500 bits per heavy atom. The van der Waals surface area contributed by atoms with Crippen molar-refractivity contribution < 1.29 is 0 Å². The van der Waals surface area contributed by atoms with E-state index in [4.69, 9.17) is 10.0 Å². The van der Waals surface area contributed by atoms with Crippen LogP contribution in [0.2, 0.25) is 26.3 Å². The molecule has 0 bridgehead atoms. The molecular formula is C35H75ClGe2. The van der Waals surface area contributed by atoms with E-state index in [2.05, 4.69) is 34.6 Å². The summed E-state index contributed by atoms with van der Waals surface area (Å²) < 4.78 is 0. The molecule has 0 heterocycles. The van der Waals surface area contributed by atoms with Crippen molar-refractivity contribution in [3.8, 4) is 0 Å². The average Bonchev–Trinajstić information content (AvgIpc) is 2.92. The number of hydrogen-bond donors (Lipinski definition) is 0. The zero-order chi connectivity index (χ0) is 28.4. The first kappa shape index (κ1) is 41.5. The first-order valence-electron chi connectivity index (χ1n) is 18.0. The topological polar surface area (TPSA) is 0 Å². The summed E-state index contributed by atoms with van der Waals surface area (Å²) in [6, 6.07) is 0. The van der Waals surface area contributed by atoms with Crippen molar-refractivity contribution in [1.82, 2.24) is 0 Å². The van der Waals surface area contributed by atoms with Gasteiger partial charge in [-0.15, -0.1) is 0 Å². The zero-order valence-corrected chi connectivity index (χ0v) is 32.5. The second-order valence-corrected chi connectivity index (χ2v) is 25.4. The van der Waals surface area contributed by atoms with Crippen molar-refractivity contribution >= 4 is 37.8 Å². The van der Waals surface area contributed by atoms with Gasteiger partial charge >= 0.3 is 259 Å². The first-order valence-corrected chi connectivity index (χ1v) is 28.2. The van der Waals surface area contributed by atoms with Gasteiger partial charge in [-0.1, -0.05) is 0 Å². The van der Waals surface area contributed by atoms with Gasteiger partial charge in [0.1, 0.15) is 0 Å². The van der Waals surface area contributed by atoms with Gasteiger partial charge in [-0.05, 0) is 0 Å². The Bertz CT molecular complexity index is 343. The normalized spacial score (nSPS) is 11.4. The Kier molecular flexibility index (Phi) is 41.9. The van der Waals surface area contributed by atoms with Crippen LogP contribution in [0.5, 0.6) is 0 Å². The standard InChI is InChI=1S/C21H45Ge.C14H30ClGe/c1-4-7-10-13-16-19-22(20-17-14-11-8-5-2)21-18-15-12-9-6-3;1-3-5-7-9-11-13-16(15)14-12-10-8-6-4-2/h4-21H2,1-3H3;3-14H2,1-2H3. The van der Waals surface area contributed by atoms with Gasteiger partial charge in [0.2, 0.25) is 0 Å². The van der Waals surface area contributed by atoms with E-state index < -0.39 is 27.8 Å². The summed E-state index contributed by atoms with van der Waals surface area (Å²) in [6.45, 7) is 11.5. The molecule has 230 valence electrons. The van der Waals surface area contributed by atoms with Crippen LogP contribution in [0.4, 0.5) is 0 Å². The van der Waals surface area contributed by atoms with Crippen molar-refractivity contribution in [2.75, 3.05) is 0 Å². The van der Waals surface area contributed by atoms with E-state index in [9.17, 15) is 0 Å². The molecule has 0 spiro atoms. The van der Waals surface area contributed by atoms with Crippen LogP contribution in [0.25, 0.3) is 0 Å². The van der Waals surface area contributed by atoms with Gasteiger partial charge < -0.3 is 0 Å². The SMILES string of the molecule is CCCCCC[CH2][Ge]([CH2]CCCCCC)[CH2]CCCCCC.CCCCCC[CH2][Ge]([Cl])[CH2]CCCCCC. The van der Waals surface area contributed by atoms with Crippen molar-refractivity contribution in [1.29, 1.82) is 0 Å². The van der Waals surface area contributed by atoms with Crippen LogP contribution >= 0.6 is 10.0 Å². The van der Waals surface area contributed by atoms with E-state index in [0.29, 0.717) is 0 Å². The predicted octanol–water partition coefficient (Wildman–Crippen LogP) is 14.5. The Labute approximate surface area is 257 Å². The third kappa shape index (κ3) is 37.4. The van der Waals surface area contributed by atoms with Gasteiger partial charge in [0, 0.05) is 0 Å². The number of halogens is 1. The molecule has 2 radical (unpaired) electrons. The molecule has 0 rings (SSSR count). The summed E-state index contributed by atoms with van der Waals surface area (Å²) in [7, 11) is 6.47. The van der Waals surface area contributed by atoms with E-state index in [1.165, 1.54) is 152 Å². The third-order valence-corrected chi connectivity index (χ3v) is 20.4. The summed E-state index contributed by atoms with van der Waals surface area (Å²) >= 11 is -1.76. The summed E-state index contributed by atoms with van der Waals surface area (Å²) in [5, 5.41) is 7.86. The number of unbranched alkanes of at least 4 members (excludes halogenated alkanes) is 20. The summed E-state index contributed by atoms with van der Waals surface area (Å²) in [6.07, 6.45) is 36.3. The minimum absolute atomic E-state index is 0.675. The van der Waals surface area contributed by atoms with Crippen LogP contribution in [0.15, 0.2) is 0 Å². The zero-order valence-electron chi connectivity index (χ0n) is 27.6. The van der Waals surface area contributed by atoms with Gasteiger partial charge in [-0.3, -0.25) is 0 Å². The Morgan fingerprint density at radius 3 is 0.737 bits per heavy atom. The molecule has 3 heteroatoms. The van der Waals surface area contributed by atoms with Crippen LogP contribution in [0, 0.1) is 0 Å². The predicted molar refractivity (Wildman–Crippen MR) is 185 cm³/mol. The molecule has 0 saturated heterocycles. The minimum atomic E-state index is -1.09. The second-order valence-electron chi connectivity index (χ2n) is 12.1. The Morgan fingerprint density at radius 1 is 0.289 bits per heavy atom. The molecule has 38 heavy (non-hydrogen) atoms. The fraction of sp³-hybridized carbons (Fsp3) is 1.00. The molecule has 0 unspecified atom stereocenters. The van der Waals surface area contributed by atoms with Crippen LogP contribution in [-0.2, 0) is 0 Å². The van der Waals surface area contributed by atoms with Gasteiger partial charge in [0.25, 0.3) is 0 Å². The summed E-state index contributed by atoms with van der Waals surface area (Å²) in [4.78, 5) is 0.